The fourth-order valence-electron chi connectivity index (χ4n) is 4.32. The van der Waals surface area contributed by atoms with Crippen molar-refractivity contribution in [1.29, 1.82) is 0 Å². The minimum Gasteiger partial charge on any atom is -0.464 e. The standard InChI is InChI=1S/C24H30N4O2/c1-15(2)20-13-21-19(14-30-22(21)10-16(20)3)12-24(29)28-8-6-27(7-9-28)23-11-17(4)25-18(5)26-23/h10-11,13-15H,6-9,12H2,1-5H3. The Morgan fingerprint density at radius 2 is 1.80 bits per heavy atom. The number of carbonyl (C=O) groups excluding carboxylic acids is 1. The van der Waals surface area contributed by atoms with Crippen molar-refractivity contribution in [2.45, 2.75) is 47.0 Å². The zero-order valence-electron chi connectivity index (χ0n) is 18.5. The molecule has 0 unspecified atom stereocenters. The molecule has 0 radical (unpaired) electrons. The molecule has 30 heavy (non-hydrogen) atoms. The van der Waals surface area contributed by atoms with Crippen LogP contribution < -0.4 is 4.90 Å². The second-order valence-corrected chi connectivity index (χ2v) is 8.58. The first-order chi connectivity index (χ1) is 14.3. The van der Waals surface area contributed by atoms with Crippen LogP contribution in [0.25, 0.3) is 11.0 Å². The van der Waals surface area contributed by atoms with Gasteiger partial charge in [0.15, 0.2) is 0 Å². The number of furan rings is 1. The van der Waals surface area contributed by atoms with E-state index < -0.39 is 0 Å². The summed E-state index contributed by atoms with van der Waals surface area (Å²) in [7, 11) is 0. The SMILES string of the molecule is Cc1cc(N2CCN(C(=O)Cc3coc4cc(C)c(C(C)C)cc34)CC2)nc(C)n1. The summed E-state index contributed by atoms with van der Waals surface area (Å²) in [6.45, 7) is 13.4. The van der Waals surface area contributed by atoms with E-state index in [1.165, 1.54) is 11.1 Å². The number of hydrogen-bond donors (Lipinski definition) is 0. The molecule has 0 spiro atoms. The monoisotopic (exact) mass is 406 g/mol. The maximum absolute atomic E-state index is 13.0. The molecular formula is C24H30N4O2. The van der Waals surface area contributed by atoms with Gasteiger partial charge in [-0.1, -0.05) is 13.8 Å². The fourth-order valence-corrected chi connectivity index (χ4v) is 4.32. The number of hydrogen-bond acceptors (Lipinski definition) is 5. The van der Waals surface area contributed by atoms with E-state index in [-0.39, 0.29) is 5.91 Å². The number of rotatable bonds is 4. The largest absolute Gasteiger partial charge is 0.464 e. The van der Waals surface area contributed by atoms with Crippen molar-refractivity contribution in [2.75, 3.05) is 31.1 Å². The van der Waals surface area contributed by atoms with Crippen molar-refractivity contribution >= 4 is 22.7 Å². The van der Waals surface area contributed by atoms with E-state index in [9.17, 15) is 4.79 Å². The average Bonchev–Trinajstić information content (AvgIpc) is 3.08. The zero-order chi connectivity index (χ0) is 21.4. The van der Waals surface area contributed by atoms with Gasteiger partial charge < -0.3 is 14.2 Å². The summed E-state index contributed by atoms with van der Waals surface area (Å²) in [5, 5.41) is 1.06. The van der Waals surface area contributed by atoms with Crippen LogP contribution in [0.5, 0.6) is 0 Å². The zero-order valence-corrected chi connectivity index (χ0v) is 18.5. The Kier molecular flexibility index (Phi) is 5.50. The minimum absolute atomic E-state index is 0.152. The molecule has 1 amide bonds. The van der Waals surface area contributed by atoms with Crippen molar-refractivity contribution in [3.8, 4) is 0 Å². The first-order valence-electron chi connectivity index (χ1n) is 10.7. The van der Waals surface area contributed by atoms with Crippen LogP contribution in [0.3, 0.4) is 0 Å². The van der Waals surface area contributed by atoms with Crippen LogP contribution in [-0.2, 0) is 11.2 Å². The van der Waals surface area contributed by atoms with Crippen LogP contribution in [0, 0.1) is 20.8 Å². The van der Waals surface area contributed by atoms with Gasteiger partial charge in [-0.3, -0.25) is 4.79 Å². The molecule has 6 nitrogen and oxygen atoms in total. The Labute approximate surface area is 177 Å². The molecule has 1 aliphatic heterocycles. The molecule has 158 valence electrons. The number of anilines is 1. The summed E-state index contributed by atoms with van der Waals surface area (Å²) in [6, 6.07) is 6.29. The smallest absolute Gasteiger partial charge is 0.227 e. The molecule has 1 fully saturated rings. The third-order valence-corrected chi connectivity index (χ3v) is 5.91. The molecule has 6 heteroatoms. The van der Waals surface area contributed by atoms with Crippen molar-refractivity contribution in [3.05, 3.63) is 52.7 Å². The van der Waals surface area contributed by atoms with Crippen LogP contribution in [0.15, 0.2) is 28.9 Å². The average molecular weight is 407 g/mol. The normalized spacial score (nSPS) is 14.7. The van der Waals surface area contributed by atoms with Crippen molar-refractivity contribution in [2.24, 2.45) is 0 Å². The van der Waals surface area contributed by atoms with Gasteiger partial charge in [0.2, 0.25) is 5.91 Å². The molecular weight excluding hydrogens is 376 g/mol. The molecule has 0 aliphatic carbocycles. The summed E-state index contributed by atoms with van der Waals surface area (Å²) < 4.78 is 5.76. The second-order valence-electron chi connectivity index (χ2n) is 8.58. The van der Waals surface area contributed by atoms with E-state index >= 15 is 0 Å². The van der Waals surface area contributed by atoms with Gasteiger partial charge in [-0.2, -0.15) is 0 Å². The van der Waals surface area contributed by atoms with Gasteiger partial charge in [-0.25, -0.2) is 9.97 Å². The molecule has 3 heterocycles. The highest BCUT2D eigenvalue weighted by molar-refractivity contribution is 5.88. The summed E-state index contributed by atoms with van der Waals surface area (Å²) in [5.74, 6) is 2.32. The van der Waals surface area contributed by atoms with Gasteiger partial charge in [-0.15, -0.1) is 0 Å². The lowest BCUT2D eigenvalue weighted by Gasteiger charge is -2.35. The number of nitrogens with zero attached hydrogens (tertiary/aromatic N) is 4. The third kappa shape index (κ3) is 4.04. The van der Waals surface area contributed by atoms with Crippen molar-refractivity contribution in [3.63, 3.8) is 0 Å². The molecule has 0 atom stereocenters. The Morgan fingerprint density at radius 3 is 2.47 bits per heavy atom. The molecule has 3 aromatic rings. The molecule has 0 N–H and O–H groups in total. The lowest BCUT2D eigenvalue weighted by atomic mass is 9.95. The van der Waals surface area contributed by atoms with E-state index in [0.717, 1.165) is 47.0 Å². The number of aromatic nitrogens is 2. The Bertz CT molecular complexity index is 1060. The highest BCUT2D eigenvalue weighted by Gasteiger charge is 2.23. The molecule has 0 saturated carbocycles. The molecule has 4 rings (SSSR count). The number of aryl methyl sites for hydroxylation is 3. The minimum atomic E-state index is 0.152. The van der Waals surface area contributed by atoms with E-state index in [1.54, 1.807) is 6.26 Å². The van der Waals surface area contributed by atoms with E-state index in [2.05, 4.69) is 47.8 Å². The first-order valence-corrected chi connectivity index (χ1v) is 10.7. The predicted molar refractivity (Wildman–Crippen MR) is 119 cm³/mol. The van der Waals surface area contributed by atoms with Gasteiger partial charge >= 0.3 is 0 Å². The summed E-state index contributed by atoms with van der Waals surface area (Å²) in [5.41, 5.74) is 5.34. The second kappa shape index (κ2) is 8.09. The number of amides is 1. The molecule has 2 aromatic heterocycles. The summed E-state index contributed by atoms with van der Waals surface area (Å²) in [6.07, 6.45) is 2.12. The van der Waals surface area contributed by atoms with Gasteiger partial charge in [0.1, 0.15) is 17.2 Å². The number of fused-ring (bicyclic) bond motifs is 1. The lowest BCUT2D eigenvalue weighted by molar-refractivity contribution is -0.130. The summed E-state index contributed by atoms with van der Waals surface area (Å²) >= 11 is 0. The predicted octanol–water partition coefficient (Wildman–Crippen LogP) is 4.16. The lowest BCUT2D eigenvalue weighted by Crippen LogP contribution is -2.49. The van der Waals surface area contributed by atoms with Gasteiger partial charge in [0.05, 0.1) is 12.7 Å². The molecule has 1 aromatic carbocycles. The highest BCUT2D eigenvalue weighted by Crippen LogP contribution is 2.29. The van der Waals surface area contributed by atoms with E-state index in [0.29, 0.717) is 25.4 Å². The Hall–Kier alpha value is -2.89. The maximum atomic E-state index is 13.0. The highest BCUT2D eigenvalue weighted by atomic mass is 16.3. The number of carbonyl (C=O) groups is 1. The molecule has 1 saturated heterocycles. The van der Waals surface area contributed by atoms with Crippen LogP contribution in [-0.4, -0.2) is 47.0 Å². The van der Waals surface area contributed by atoms with Crippen LogP contribution in [0.1, 0.15) is 48.0 Å². The van der Waals surface area contributed by atoms with Crippen molar-refractivity contribution in [1.82, 2.24) is 14.9 Å². The first kappa shape index (κ1) is 20.4. The topological polar surface area (TPSA) is 62.5 Å². The van der Waals surface area contributed by atoms with E-state index in [1.807, 2.05) is 24.8 Å². The fraction of sp³-hybridized carbons (Fsp3) is 0.458. The Morgan fingerprint density at radius 1 is 1.07 bits per heavy atom. The quantitative estimate of drug-likeness (QED) is 0.651. The van der Waals surface area contributed by atoms with Crippen LogP contribution in [0.2, 0.25) is 0 Å². The van der Waals surface area contributed by atoms with Gasteiger partial charge in [-0.05, 0) is 49.9 Å². The number of benzene rings is 1. The van der Waals surface area contributed by atoms with Crippen LogP contribution in [0.4, 0.5) is 5.82 Å². The molecule has 1 aliphatic rings. The Balaban J connectivity index is 1.44. The van der Waals surface area contributed by atoms with Crippen molar-refractivity contribution < 1.29 is 9.21 Å². The van der Waals surface area contributed by atoms with Gasteiger partial charge in [0, 0.05) is 48.9 Å². The summed E-state index contributed by atoms with van der Waals surface area (Å²) in [4.78, 5) is 26.1. The van der Waals surface area contributed by atoms with Gasteiger partial charge in [0.25, 0.3) is 0 Å². The van der Waals surface area contributed by atoms with E-state index in [4.69, 9.17) is 4.42 Å². The third-order valence-electron chi connectivity index (χ3n) is 5.91. The number of piperazine rings is 1. The maximum Gasteiger partial charge on any atom is 0.227 e. The molecule has 0 bridgehead atoms. The van der Waals surface area contributed by atoms with Crippen LogP contribution >= 0.6 is 0 Å².